The third-order valence-corrected chi connectivity index (χ3v) is 4.30. The van der Waals surface area contributed by atoms with Crippen LogP contribution in [0.4, 0.5) is 5.69 Å². The van der Waals surface area contributed by atoms with Crippen molar-refractivity contribution < 1.29 is 9.53 Å². The van der Waals surface area contributed by atoms with Gasteiger partial charge in [-0.05, 0) is 78.4 Å². The summed E-state index contributed by atoms with van der Waals surface area (Å²) in [5.74, 6) is 0.0483. The SMILES string of the molecule is O=C(Oc1ccc(/C=N/NC(=S)Nc2ccccc2)cc1)c1ccc(Br)cc1. The molecular weight excluding hydrogens is 438 g/mol. The summed E-state index contributed by atoms with van der Waals surface area (Å²) in [5, 5.41) is 7.51. The summed E-state index contributed by atoms with van der Waals surface area (Å²) in [6, 6.07) is 23.6. The van der Waals surface area contributed by atoms with Crippen molar-refractivity contribution in [1.82, 2.24) is 5.43 Å². The van der Waals surface area contributed by atoms with Crippen LogP contribution >= 0.6 is 28.1 Å². The van der Waals surface area contributed by atoms with E-state index in [0.29, 0.717) is 16.4 Å². The molecule has 0 saturated heterocycles. The van der Waals surface area contributed by atoms with Crippen molar-refractivity contribution in [1.29, 1.82) is 0 Å². The molecule has 0 atom stereocenters. The Morgan fingerprint density at radius 3 is 2.32 bits per heavy atom. The fourth-order valence-corrected chi connectivity index (χ4v) is 2.65. The fraction of sp³-hybridized carbons (Fsp3) is 0. The summed E-state index contributed by atoms with van der Waals surface area (Å²) in [6.45, 7) is 0. The van der Waals surface area contributed by atoms with Crippen LogP contribution < -0.4 is 15.5 Å². The van der Waals surface area contributed by atoms with E-state index in [-0.39, 0.29) is 0 Å². The molecule has 2 N–H and O–H groups in total. The highest BCUT2D eigenvalue weighted by atomic mass is 79.9. The lowest BCUT2D eigenvalue weighted by Gasteiger charge is -2.06. The normalized spacial score (nSPS) is 10.5. The zero-order valence-corrected chi connectivity index (χ0v) is 17.0. The van der Waals surface area contributed by atoms with Crippen LogP contribution in [-0.4, -0.2) is 17.3 Å². The maximum atomic E-state index is 12.1. The lowest BCUT2D eigenvalue weighted by molar-refractivity contribution is 0.0735. The highest BCUT2D eigenvalue weighted by molar-refractivity contribution is 9.10. The molecule has 3 rings (SSSR count). The van der Waals surface area contributed by atoms with Crippen molar-refractivity contribution >= 4 is 51.1 Å². The van der Waals surface area contributed by atoms with Gasteiger partial charge in [0.2, 0.25) is 0 Å². The number of benzene rings is 3. The maximum absolute atomic E-state index is 12.1. The van der Waals surface area contributed by atoms with Gasteiger partial charge in [-0.25, -0.2) is 4.79 Å². The standard InChI is InChI=1S/C21H16BrN3O2S/c22-17-10-8-16(9-11-17)20(26)27-19-12-6-15(7-13-19)14-23-25-21(28)24-18-4-2-1-3-5-18/h1-14H,(H2,24,25,28)/b23-14+. The number of hydrogen-bond acceptors (Lipinski definition) is 4. The molecule has 3 aromatic rings. The first-order valence-corrected chi connectivity index (χ1v) is 9.53. The molecule has 0 saturated carbocycles. The second-order valence-corrected chi connectivity index (χ2v) is 6.98. The van der Waals surface area contributed by atoms with Crippen molar-refractivity contribution in [2.75, 3.05) is 5.32 Å². The number of halogens is 1. The van der Waals surface area contributed by atoms with E-state index >= 15 is 0 Å². The molecule has 0 aliphatic heterocycles. The van der Waals surface area contributed by atoms with Crippen LogP contribution in [0.15, 0.2) is 88.4 Å². The number of nitrogens with one attached hydrogen (secondary N) is 2. The molecular formula is C21H16BrN3O2S. The van der Waals surface area contributed by atoms with Crippen LogP contribution in [0, 0.1) is 0 Å². The summed E-state index contributed by atoms with van der Waals surface area (Å²) >= 11 is 8.51. The molecule has 140 valence electrons. The van der Waals surface area contributed by atoms with E-state index in [1.807, 2.05) is 30.3 Å². The van der Waals surface area contributed by atoms with E-state index in [2.05, 4.69) is 31.8 Å². The average molecular weight is 454 g/mol. The fourth-order valence-electron chi connectivity index (χ4n) is 2.22. The summed E-state index contributed by atoms with van der Waals surface area (Å²) in [5.41, 5.74) is 4.95. The van der Waals surface area contributed by atoms with Crippen LogP contribution in [0.1, 0.15) is 15.9 Å². The van der Waals surface area contributed by atoms with E-state index in [0.717, 1.165) is 15.7 Å². The number of anilines is 1. The van der Waals surface area contributed by atoms with E-state index < -0.39 is 5.97 Å². The number of rotatable bonds is 5. The maximum Gasteiger partial charge on any atom is 0.343 e. The number of hydrogen-bond donors (Lipinski definition) is 2. The number of ether oxygens (including phenoxy) is 1. The molecule has 0 aliphatic rings. The highest BCUT2D eigenvalue weighted by Crippen LogP contribution is 2.15. The minimum absolute atomic E-state index is 0.391. The Morgan fingerprint density at radius 1 is 0.964 bits per heavy atom. The van der Waals surface area contributed by atoms with Gasteiger partial charge in [-0.1, -0.05) is 34.1 Å². The summed E-state index contributed by atoms with van der Waals surface area (Å²) in [6.07, 6.45) is 1.62. The first-order chi connectivity index (χ1) is 13.6. The van der Waals surface area contributed by atoms with Gasteiger partial charge >= 0.3 is 5.97 Å². The Labute approximate surface area is 176 Å². The van der Waals surface area contributed by atoms with Gasteiger partial charge in [0.25, 0.3) is 0 Å². The smallest absolute Gasteiger partial charge is 0.343 e. The third kappa shape index (κ3) is 6.00. The van der Waals surface area contributed by atoms with Gasteiger partial charge in [-0.2, -0.15) is 5.10 Å². The van der Waals surface area contributed by atoms with Crippen molar-refractivity contribution in [3.8, 4) is 5.75 Å². The van der Waals surface area contributed by atoms with Crippen LogP contribution in [0.25, 0.3) is 0 Å². The Kier molecular flexibility index (Phi) is 6.89. The predicted molar refractivity (Wildman–Crippen MR) is 119 cm³/mol. The van der Waals surface area contributed by atoms with E-state index in [1.165, 1.54) is 0 Å². The molecule has 3 aromatic carbocycles. The molecule has 0 spiro atoms. The summed E-state index contributed by atoms with van der Waals surface area (Å²) in [7, 11) is 0. The number of carbonyl (C=O) groups excluding carboxylic acids is 1. The predicted octanol–water partition coefficient (Wildman–Crippen LogP) is 4.99. The van der Waals surface area contributed by atoms with Gasteiger partial charge in [-0.15, -0.1) is 0 Å². The third-order valence-electron chi connectivity index (χ3n) is 3.58. The Morgan fingerprint density at radius 2 is 1.64 bits per heavy atom. The van der Waals surface area contributed by atoms with Crippen LogP contribution in [0.5, 0.6) is 5.75 Å². The number of hydrazone groups is 1. The molecule has 0 unspecified atom stereocenters. The van der Waals surface area contributed by atoms with Crippen molar-refractivity contribution in [2.24, 2.45) is 5.10 Å². The van der Waals surface area contributed by atoms with Gasteiger partial charge in [-0.3, -0.25) is 5.43 Å². The molecule has 0 amide bonds. The second kappa shape index (κ2) is 9.77. The van der Waals surface area contributed by atoms with Crippen LogP contribution in [0.3, 0.4) is 0 Å². The lowest BCUT2D eigenvalue weighted by atomic mass is 10.2. The molecule has 0 bridgehead atoms. The van der Waals surface area contributed by atoms with Crippen LogP contribution in [-0.2, 0) is 0 Å². The van der Waals surface area contributed by atoms with Crippen molar-refractivity contribution in [2.45, 2.75) is 0 Å². The van der Waals surface area contributed by atoms with Crippen molar-refractivity contribution in [3.05, 3.63) is 94.5 Å². The van der Waals surface area contributed by atoms with Gasteiger partial charge in [0, 0.05) is 10.2 Å². The van der Waals surface area contributed by atoms with Gasteiger partial charge < -0.3 is 10.1 Å². The number of carbonyl (C=O) groups is 1. The number of para-hydroxylation sites is 1. The average Bonchev–Trinajstić information content (AvgIpc) is 2.70. The molecule has 0 heterocycles. The first-order valence-electron chi connectivity index (χ1n) is 8.33. The molecule has 5 nitrogen and oxygen atoms in total. The number of nitrogens with zero attached hydrogens (tertiary/aromatic N) is 1. The largest absolute Gasteiger partial charge is 0.423 e. The van der Waals surface area contributed by atoms with E-state index in [9.17, 15) is 4.79 Å². The molecule has 0 radical (unpaired) electrons. The highest BCUT2D eigenvalue weighted by Gasteiger charge is 2.08. The second-order valence-electron chi connectivity index (χ2n) is 5.66. The lowest BCUT2D eigenvalue weighted by Crippen LogP contribution is -2.23. The molecule has 0 fully saturated rings. The topological polar surface area (TPSA) is 62.7 Å². The van der Waals surface area contributed by atoms with Crippen molar-refractivity contribution in [3.63, 3.8) is 0 Å². The quantitative estimate of drug-likeness (QED) is 0.187. The number of esters is 1. The summed E-state index contributed by atoms with van der Waals surface area (Å²) in [4.78, 5) is 12.1. The van der Waals surface area contributed by atoms with E-state index in [1.54, 1.807) is 54.7 Å². The van der Waals surface area contributed by atoms with Gasteiger partial charge in [0.05, 0.1) is 11.8 Å². The molecule has 28 heavy (non-hydrogen) atoms. The first kappa shape index (κ1) is 19.7. The Hall–Kier alpha value is -3.03. The van der Waals surface area contributed by atoms with E-state index in [4.69, 9.17) is 17.0 Å². The zero-order chi connectivity index (χ0) is 19.8. The van der Waals surface area contributed by atoms with Crippen LogP contribution in [0.2, 0.25) is 0 Å². The van der Waals surface area contributed by atoms with Gasteiger partial charge in [0.1, 0.15) is 5.75 Å². The Balaban J connectivity index is 1.51. The Bertz CT molecular complexity index is 975. The zero-order valence-electron chi connectivity index (χ0n) is 14.6. The molecule has 0 aliphatic carbocycles. The molecule has 7 heteroatoms. The minimum atomic E-state index is -0.409. The molecule has 0 aromatic heterocycles. The minimum Gasteiger partial charge on any atom is -0.423 e. The van der Waals surface area contributed by atoms with Gasteiger partial charge in [0.15, 0.2) is 5.11 Å². The monoisotopic (exact) mass is 453 g/mol. The number of thiocarbonyl (C=S) groups is 1. The summed E-state index contributed by atoms with van der Waals surface area (Å²) < 4.78 is 6.26.